The summed E-state index contributed by atoms with van der Waals surface area (Å²) in [5, 5.41) is 3.35. The van der Waals surface area contributed by atoms with Crippen LogP contribution >= 0.6 is 0 Å². The molecule has 1 aromatic rings. The van der Waals surface area contributed by atoms with E-state index in [1.165, 1.54) is 6.42 Å². The second kappa shape index (κ2) is 10.6. The molecular formula is C16H25NO2. The first-order valence-corrected chi connectivity index (χ1v) is 7.23. The Labute approximate surface area is 116 Å². The second-order valence-corrected chi connectivity index (χ2v) is 4.71. The van der Waals surface area contributed by atoms with Gasteiger partial charge in [0.2, 0.25) is 0 Å². The number of unbranched alkanes of at least 4 members (excludes halogenated alkanes) is 2. The molecule has 1 aromatic carbocycles. The first-order chi connectivity index (χ1) is 9.33. The predicted molar refractivity (Wildman–Crippen MR) is 77.9 cm³/mol. The van der Waals surface area contributed by atoms with Crippen molar-refractivity contribution in [2.24, 2.45) is 0 Å². The molecule has 0 aromatic heterocycles. The van der Waals surface area contributed by atoms with Gasteiger partial charge in [-0.2, -0.15) is 0 Å². The Morgan fingerprint density at radius 2 is 1.89 bits per heavy atom. The van der Waals surface area contributed by atoms with E-state index < -0.39 is 0 Å². The van der Waals surface area contributed by atoms with E-state index in [0.29, 0.717) is 13.0 Å². The van der Waals surface area contributed by atoms with Gasteiger partial charge in [0, 0.05) is 6.42 Å². The van der Waals surface area contributed by atoms with Crippen molar-refractivity contribution < 1.29 is 9.53 Å². The van der Waals surface area contributed by atoms with Gasteiger partial charge in [0.25, 0.3) is 0 Å². The Morgan fingerprint density at radius 3 is 2.63 bits per heavy atom. The van der Waals surface area contributed by atoms with Crippen LogP contribution in [0.15, 0.2) is 30.3 Å². The molecule has 0 saturated heterocycles. The van der Waals surface area contributed by atoms with E-state index in [2.05, 4.69) is 12.2 Å². The number of nitrogens with one attached hydrogen (secondary N) is 1. The summed E-state index contributed by atoms with van der Waals surface area (Å²) in [7, 11) is 0. The second-order valence-electron chi connectivity index (χ2n) is 4.71. The normalized spacial score (nSPS) is 10.4. The van der Waals surface area contributed by atoms with Gasteiger partial charge in [0.05, 0.1) is 0 Å². The van der Waals surface area contributed by atoms with E-state index in [1.807, 2.05) is 30.3 Å². The summed E-state index contributed by atoms with van der Waals surface area (Å²) in [4.78, 5) is 11.5. The third kappa shape index (κ3) is 8.38. The number of esters is 1. The molecule has 0 aliphatic heterocycles. The maximum absolute atomic E-state index is 11.5. The van der Waals surface area contributed by atoms with Gasteiger partial charge >= 0.3 is 5.97 Å². The molecule has 0 bridgehead atoms. The summed E-state index contributed by atoms with van der Waals surface area (Å²) >= 11 is 0. The minimum absolute atomic E-state index is 0.0922. The molecule has 0 spiro atoms. The molecular weight excluding hydrogens is 238 g/mol. The monoisotopic (exact) mass is 263 g/mol. The first-order valence-electron chi connectivity index (χ1n) is 7.23. The van der Waals surface area contributed by atoms with Gasteiger partial charge in [-0.15, -0.1) is 0 Å². The number of carbonyl (C=O) groups excluding carboxylic acids is 1. The fourth-order valence-corrected chi connectivity index (χ4v) is 1.81. The zero-order chi connectivity index (χ0) is 13.8. The SMILES string of the molecule is CCCNCCCCCC(=O)OCc1ccccc1. The minimum Gasteiger partial charge on any atom is -0.461 e. The number of rotatable bonds is 10. The van der Waals surface area contributed by atoms with Crippen LogP contribution < -0.4 is 5.32 Å². The van der Waals surface area contributed by atoms with E-state index >= 15 is 0 Å². The molecule has 0 aliphatic rings. The van der Waals surface area contributed by atoms with Crippen molar-refractivity contribution in [3.63, 3.8) is 0 Å². The Kier molecular flexibility index (Phi) is 8.73. The molecule has 0 amide bonds. The molecule has 0 heterocycles. The molecule has 106 valence electrons. The maximum Gasteiger partial charge on any atom is 0.306 e. The van der Waals surface area contributed by atoms with Gasteiger partial charge in [0.15, 0.2) is 0 Å². The summed E-state index contributed by atoms with van der Waals surface area (Å²) in [6, 6.07) is 9.79. The Hall–Kier alpha value is -1.35. The lowest BCUT2D eigenvalue weighted by Gasteiger charge is -2.05. The molecule has 3 nitrogen and oxygen atoms in total. The highest BCUT2D eigenvalue weighted by Crippen LogP contribution is 2.04. The van der Waals surface area contributed by atoms with Crippen LogP contribution in [-0.4, -0.2) is 19.1 Å². The molecule has 0 unspecified atom stereocenters. The van der Waals surface area contributed by atoms with Gasteiger partial charge in [-0.05, 0) is 37.9 Å². The highest BCUT2D eigenvalue weighted by molar-refractivity contribution is 5.69. The molecule has 0 radical (unpaired) electrons. The van der Waals surface area contributed by atoms with Crippen LogP contribution in [0.5, 0.6) is 0 Å². The van der Waals surface area contributed by atoms with Gasteiger partial charge in [-0.3, -0.25) is 4.79 Å². The third-order valence-electron chi connectivity index (χ3n) is 2.90. The first kappa shape index (κ1) is 15.7. The van der Waals surface area contributed by atoms with Gasteiger partial charge in [0.1, 0.15) is 6.61 Å². The minimum atomic E-state index is -0.0922. The van der Waals surface area contributed by atoms with E-state index in [1.54, 1.807) is 0 Å². The predicted octanol–water partition coefficient (Wildman–Crippen LogP) is 3.29. The van der Waals surface area contributed by atoms with E-state index in [0.717, 1.165) is 37.9 Å². The largest absolute Gasteiger partial charge is 0.461 e. The number of ether oxygens (including phenoxy) is 1. The highest BCUT2D eigenvalue weighted by atomic mass is 16.5. The van der Waals surface area contributed by atoms with Crippen LogP contribution in [0.3, 0.4) is 0 Å². The van der Waals surface area contributed by atoms with Crippen LogP contribution in [0.1, 0.15) is 44.6 Å². The zero-order valence-corrected chi connectivity index (χ0v) is 11.9. The summed E-state index contributed by atoms with van der Waals surface area (Å²) in [5.41, 5.74) is 1.04. The topological polar surface area (TPSA) is 38.3 Å². The van der Waals surface area contributed by atoms with Crippen molar-refractivity contribution in [1.29, 1.82) is 0 Å². The van der Waals surface area contributed by atoms with Crippen LogP contribution in [-0.2, 0) is 16.1 Å². The summed E-state index contributed by atoms with van der Waals surface area (Å²) < 4.78 is 5.22. The molecule has 3 heteroatoms. The lowest BCUT2D eigenvalue weighted by atomic mass is 10.2. The Bertz CT molecular complexity index is 338. The number of benzene rings is 1. The average molecular weight is 263 g/mol. The summed E-state index contributed by atoms with van der Waals surface area (Å²) in [5.74, 6) is -0.0922. The Morgan fingerprint density at radius 1 is 1.11 bits per heavy atom. The molecule has 19 heavy (non-hydrogen) atoms. The lowest BCUT2D eigenvalue weighted by Crippen LogP contribution is -2.15. The molecule has 1 rings (SSSR count). The highest BCUT2D eigenvalue weighted by Gasteiger charge is 2.02. The fraction of sp³-hybridized carbons (Fsp3) is 0.562. The van der Waals surface area contributed by atoms with Crippen molar-refractivity contribution in [3.8, 4) is 0 Å². The standard InChI is InChI=1S/C16H25NO2/c1-2-12-17-13-8-4-7-11-16(18)19-14-15-9-5-3-6-10-15/h3,5-6,9-10,17H,2,4,7-8,11-14H2,1H3. The van der Waals surface area contributed by atoms with Crippen molar-refractivity contribution in [3.05, 3.63) is 35.9 Å². The van der Waals surface area contributed by atoms with Crippen LogP contribution in [0.4, 0.5) is 0 Å². The maximum atomic E-state index is 11.5. The molecule has 0 fully saturated rings. The fourth-order valence-electron chi connectivity index (χ4n) is 1.81. The van der Waals surface area contributed by atoms with E-state index in [9.17, 15) is 4.79 Å². The number of hydrogen-bond acceptors (Lipinski definition) is 3. The third-order valence-corrected chi connectivity index (χ3v) is 2.90. The molecule has 0 aliphatic carbocycles. The molecule has 1 N–H and O–H groups in total. The number of hydrogen-bond donors (Lipinski definition) is 1. The van der Waals surface area contributed by atoms with Gasteiger partial charge < -0.3 is 10.1 Å². The lowest BCUT2D eigenvalue weighted by molar-refractivity contribution is -0.145. The van der Waals surface area contributed by atoms with Crippen LogP contribution in [0.25, 0.3) is 0 Å². The summed E-state index contributed by atoms with van der Waals surface area (Å²) in [6.07, 6.45) is 4.83. The smallest absolute Gasteiger partial charge is 0.306 e. The van der Waals surface area contributed by atoms with Crippen molar-refractivity contribution in [2.45, 2.75) is 45.6 Å². The average Bonchev–Trinajstić information content (AvgIpc) is 2.45. The van der Waals surface area contributed by atoms with Crippen molar-refractivity contribution in [1.82, 2.24) is 5.32 Å². The van der Waals surface area contributed by atoms with E-state index in [4.69, 9.17) is 4.74 Å². The molecule has 0 saturated carbocycles. The molecule has 0 atom stereocenters. The van der Waals surface area contributed by atoms with Gasteiger partial charge in [-0.1, -0.05) is 43.7 Å². The van der Waals surface area contributed by atoms with E-state index in [-0.39, 0.29) is 5.97 Å². The Balaban J connectivity index is 1.96. The number of carbonyl (C=O) groups is 1. The van der Waals surface area contributed by atoms with Crippen molar-refractivity contribution >= 4 is 5.97 Å². The van der Waals surface area contributed by atoms with Crippen LogP contribution in [0, 0.1) is 0 Å². The van der Waals surface area contributed by atoms with Crippen molar-refractivity contribution in [2.75, 3.05) is 13.1 Å². The van der Waals surface area contributed by atoms with Gasteiger partial charge in [-0.25, -0.2) is 0 Å². The van der Waals surface area contributed by atoms with Crippen LogP contribution in [0.2, 0.25) is 0 Å². The summed E-state index contributed by atoms with van der Waals surface area (Å²) in [6.45, 7) is 4.68. The zero-order valence-electron chi connectivity index (χ0n) is 11.9. The quantitative estimate of drug-likeness (QED) is 0.520.